The molecule has 2 aromatic rings. The van der Waals surface area contributed by atoms with E-state index < -0.39 is 15.6 Å². The van der Waals surface area contributed by atoms with Gasteiger partial charge in [-0.15, -0.1) is 11.3 Å². The first-order valence-corrected chi connectivity index (χ1v) is 9.02. The molecule has 0 saturated heterocycles. The van der Waals surface area contributed by atoms with Crippen molar-refractivity contribution in [3.63, 3.8) is 0 Å². The zero-order chi connectivity index (χ0) is 15.1. The maximum atomic E-state index is 12.2. The summed E-state index contributed by atoms with van der Waals surface area (Å²) in [6.07, 6.45) is 4.70. The molecular weight excluding hydrogens is 310 g/mol. The lowest BCUT2D eigenvalue weighted by atomic mass is 9.96. The molecule has 0 radical (unpaired) electrons. The molecule has 1 saturated carbocycles. The van der Waals surface area contributed by atoms with Crippen LogP contribution in [-0.4, -0.2) is 29.6 Å². The highest BCUT2D eigenvalue weighted by Gasteiger charge is 2.46. The first-order chi connectivity index (χ1) is 9.92. The summed E-state index contributed by atoms with van der Waals surface area (Å²) in [7, 11) is -2.00. The van der Waals surface area contributed by atoms with Crippen molar-refractivity contribution in [3.8, 4) is 0 Å². The largest absolute Gasteiger partial charge is 0.383 e. The second-order valence-corrected chi connectivity index (χ2v) is 8.04. The van der Waals surface area contributed by atoms with Gasteiger partial charge in [-0.2, -0.15) is 0 Å². The van der Waals surface area contributed by atoms with Gasteiger partial charge in [0.05, 0.1) is 6.33 Å². The van der Waals surface area contributed by atoms with Crippen molar-refractivity contribution in [2.75, 3.05) is 6.54 Å². The van der Waals surface area contributed by atoms with E-state index in [0.29, 0.717) is 0 Å². The van der Waals surface area contributed by atoms with Crippen LogP contribution in [0.1, 0.15) is 17.7 Å². The lowest BCUT2D eigenvalue weighted by Gasteiger charge is -2.27. The molecule has 2 heterocycles. The van der Waals surface area contributed by atoms with Crippen molar-refractivity contribution >= 4 is 21.4 Å². The summed E-state index contributed by atoms with van der Waals surface area (Å²) in [4.78, 5) is 4.64. The summed E-state index contributed by atoms with van der Waals surface area (Å²) in [6, 6.07) is 3.71. The van der Waals surface area contributed by atoms with E-state index in [1.54, 1.807) is 11.6 Å². The van der Waals surface area contributed by atoms with E-state index in [1.807, 2.05) is 17.5 Å². The normalized spacial score (nSPS) is 18.6. The summed E-state index contributed by atoms with van der Waals surface area (Å²) in [5.41, 5.74) is -1.13. The van der Waals surface area contributed by atoms with Crippen LogP contribution in [0.25, 0.3) is 0 Å². The predicted molar refractivity (Wildman–Crippen MR) is 79.3 cm³/mol. The van der Waals surface area contributed by atoms with Gasteiger partial charge in [-0.1, -0.05) is 6.07 Å². The Bertz CT molecular complexity index is 720. The number of nitrogens with one attached hydrogen (secondary N) is 1. The molecule has 21 heavy (non-hydrogen) atoms. The molecule has 3 rings (SSSR count). The Hall–Kier alpha value is -1.22. The van der Waals surface area contributed by atoms with Gasteiger partial charge in [-0.25, -0.2) is 18.1 Å². The van der Waals surface area contributed by atoms with Gasteiger partial charge in [0.1, 0.15) is 5.60 Å². The van der Waals surface area contributed by atoms with Crippen LogP contribution in [0.3, 0.4) is 0 Å². The summed E-state index contributed by atoms with van der Waals surface area (Å²) in [5, 5.41) is 12.7. The van der Waals surface area contributed by atoms with Crippen LogP contribution in [-0.2, 0) is 22.7 Å². The van der Waals surface area contributed by atoms with Crippen LogP contribution >= 0.6 is 11.3 Å². The number of rotatable bonds is 6. The van der Waals surface area contributed by atoms with E-state index in [2.05, 4.69) is 9.71 Å². The Morgan fingerprint density at radius 1 is 1.57 bits per heavy atom. The van der Waals surface area contributed by atoms with Crippen LogP contribution in [0.4, 0.5) is 0 Å². The minimum Gasteiger partial charge on any atom is -0.383 e. The minimum atomic E-state index is -3.71. The Labute approximate surface area is 127 Å². The summed E-state index contributed by atoms with van der Waals surface area (Å²) >= 11 is 1.44. The molecule has 2 aromatic heterocycles. The van der Waals surface area contributed by atoms with Crippen molar-refractivity contribution < 1.29 is 13.5 Å². The van der Waals surface area contributed by atoms with Gasteiger partial charge in [0.25, 0.3) is 10.0 Å². The highest BCUT2D eigenvalue weighted by Crippen LogP contribution is 2.46. The molecule has 0 bridgehead atoms. The zero-order valence-corrected chi connectivity index (χ0v) is 13.2. The van der Waals surface area contributed by atoms with Gasteiger partial charge in [0.15, 0.2) is 5.03 Å². The fourth-order valence-electron chi connectivity index (χ4n) is 2.33. The first-order valence-electron chi connectivity index (χ1n) is 6.66. The molecule has 0 aromatic carbocycles. The number of sulfonamides is 1. The third-order valence-electron chi connectivity index (χ3n) is 3.69. The number of nitrogens with zero attached hydrogens (tertiary/aromatic N) is 2. The molecule has 114 valence electrons. The maximum absolute atomic E-state index is 12.2. The fraction of sp³-hybridized carbons (Fsp3) is 0.462. The summed E-state index contributed by atoms with van der Waals surface area (Å²) < 4.78 is 28.5. The van der Waals surface area contributed by atoms with Gasteiger partial charge >= 0.3 is 0 Å². The van der Waals surface area contributed by atoms with Crippen LogP contribution in [0.2, 0.25) is 0 Å². The Balaban J connectivity index is 1.79. The molecule has 1 aliphatic rings. The number of aromatic nitrogens is 2. The van der Waals surface area contributed by atoms with Crippen molar-refractivity contribution in [2.24, 2.45) is 13.0 Å². The quantitative estimate of drug-likeness (QED) is 0.831. The number of hydrogen-bond acceptors (Lipinski definition) is 5. The smallest absolute Gasteiger partial charge is 0.259 e. The van der Waals surface area contributed by atoms with Gasteiger partial charge in [-0.3, -0.25) is 0 Å². The van der Waals surface area contributed by atoms with Gasteiger partial charge < -0.3 is 9.67 Å². The highest BCUT2D eigenvalue weighted by molar-refractivity contribution is 7.89. The lowest BCUT2D eigenvalue weighted by Crippen LogP contribution is -2.42. The average Bonchev–Trinajstić information content (AvgIpc) is 2.97. The summed E-state index contributed by atoms with van der Waals surface area (Å²) in [6.45, 7) is -0.0307. The Kier molecular flexibility index (Phi) is 3.64. The Morgan fingerprint density at radius 2 is 2.33 bits per heavy atom. The van der Waals surface area contributed by atoms with E-state index in [9.17, 15) is 13.5 Å². The number of aliphatic hydroxyl groups is 1. The van der Waals surface area contributed by atoms with Crippen molar-refractivity contribution in [2.45, 2.75) is 23.5 Å². The second-order valence-electron chi connectivity index (χ2n) is 5.38. The molecule has 6 nitrogen and oxygen atoms in total. The molecule has 2 N–H and O–H groups in total. The van der Waals surface area contributed by atoms with E-state index in [1.165, 1.54) is 23.9 Å². The summed E-state index contributed by atoms with van der Waals surface area (Å²) in [5.74, 6) is 0.114. The highest BCUT2D eigenvalue weighted by atomic mass is 32.2. The number of imidazole rings is 1. The van der Waals surface area contributed by atoms with Crippen molar-refractivity contribution in [1.82, 2.24) is 14.3 Å². The number of aryl methyl sites for hydroxylation is 1. The van der Waals surface area contributed by atoms with Crippen molar-refractivity contribution in [1.29, 1.82) is 0 Å². The topological polar surface area (TPSA) is 84.2 Å². The van der Waals surface area contributed by atoms with E-state index in [4.69, 9.17) is 0 Å². The first kappa shape index (κ1) is 14.7. The second kappa shape index (κ2) is 5.20. The standard InChI is InChI=1S/C13H17N3O3S2/c1-16-7-12(14-9-16)21(18,19)15-8-13(17,10-4-5-10)11-3-2-6-20-11/h2-3,6-7,9-10,15,17H,4-5,8H2,1H3/t13-/m0/s1. The van der Waals surface area contributed by atoms with E-state index >= 15 is 0 Å². The molecule has 0 aliphatic heterocycles. The van der Waals surface area contributed by atoms with E-state index in [-0.39, 0.29) is 17.5 Å². The molecule has 1 aliphatic carbocycles. The van der Waals surface area contributed by atoms with Gasteiger partial charge in [0, 0.05) is 24.7 Å². The molecule has 0 unspecified atom stereocenters. The minimum absolute atomic E-state index is 0.0307. The molecular formula is C13H17N3O3S2. The fourth-order valence-corrected chi connectivity index (χ4v) is 4.28. The molecule has 8 heteroatoms. The van der Waals surface area contributed by atoms with Crippen LogP contribution < -0.4 is 4.72 Å². The van der Waals surface area contributed by atoms with Crippen LogP contribution in [0.5, 0.6) is 0 Å². The average molecular weight is 327 g/mol. The monoisotopic (exact) mass is 327 g/mol. The predicted octanol–water partition coefficient (Wildman–Crippen LogP) is 1.06. The molecule has 1 fully saturated rings. The van der Waals surface area contributed by atoms with Crippen LogP contribution in [0, 0.1) is 5.92 Å². The molecule has 0 amide bonds. The van der Waals surface area contributed by atoms with Crippen molar-refractivity contribution in [3.05, 3.63) is 34.9 Å². The number of hydrogen-bond donors (Lipinski definition) is 2. The lowest BCUT2D eigenvalue weighted by molar-refractivity contribution is 0.0222. The SMILES string of the molecule is Cn1cnc(S(=O)(=O)NC[C@@](O)(c2cccs2)C2CC2)c1. The molecule has 0 spiro atoms. The third kappa shape index (κ3) is 2.89. The van der Waals surface area contributed by atoms with E-state index in [0.717, 1.165) is 17.7 Å². The zero-order valence-electron chi connectivity index (χ0n) is 11.6. The maximum Gasteiger partial charge on any atom is 0.259 e. The van der Waals surface area contributed by atoms with Gasteiger partial charge in [0.2, 0.25) is 0 Å². The van der Waals surface area contributed by atoms with Crippen LogP contribution in [0.15, 0.2) is 35.1 Å². The van der Waals surface area contributed by atoms with Gasteiger partial charge in [-0.05, 0) is 30.2 Å². The Morgan fingerprint density at radius 3 is 2.86 bits per heavy atom. The molecule has 1 atom stereocenters. The number of thiophene rings is 1. The third-order valence-corrected chi connectivity index (χ3v) is 6.01.